The first-order chi connectivity index (χ1) is 9.78. The van der Waals surface area contributed by atoms with Crippen LogP contribution in [-0.2, 0) is 13.1 Å². The number of benzene rings is 1. The predicted molar refractivity (Wildman–Crippen MR) is 102 cm³/mol. The molecule has 2 N–H and O–H groups in total. The van der Waals surface area contributed by atoms with Gasteiger partial charge >= 0.3 is 0 Å². The summed E-state index contributed by atoms with van der Waals surface area (Å²) in [5, 5.41) is 6.60. The molecule has 0 aliphatic carbocycles. The van der Waals surface area contributed by atoms with Crippen LogP contribution in [0.1, 0.15) is 5.56 Å². The van der Waals surface area contributed by atoms with Crippen LogP contribution in [0.4, 0.5) is 0 Å². The van der Waals surface area contributed by atoms with Gasteiger partial charge in [-0.2, -0.15) is 0 Å². The highest BCUT2D eigenvalue weighted by Crippen LogP contribution is 2.10. The zero-order valence-corrected chi connectivity index (χ0v) is 15.8. The van der Waals surface area contributed by atoms with E-state index >= 15 is 0 Å². The lowest BCUT2D eigenvalue weighted by molar-refractivity contribution is 0.665. The third-order valence-electron chi connectivity index (χ3n) is 2.93. The van der Waals surface area contributed by atoms with Crippen LogP contribution < -0.4 is 10.6 Å². The number of hydrogen-bond donors (Lipinski definition) is 2. The van der Waals surface area contributed by atoms with Gasteiger partial charge in [-0.15, -0.1) is 24.0 Å². The van der Waals surface area contributed by atoms with Crippen LogP contribution in [0.15, 0.2) is 58.3 Å². The lowest BCUT2D eigenvalue weighted by Crippen LogP contribution is -2.38. The Bertz CT molecular complexity index is 537. The Morgan fingerprint density at radius 1 is 1.14 bits per heavy atom. The van der Waals surface area contributed by atoms with Crippen molar-refractivity contribution in [1.29, 1.82) is 0 Å². The maximum atomic E-state index is 4.22. The lowest BCUT2D eigenvalue weighted by atomic mass is 10.2. The van der Waals surface area contributed by atoms with Crippen molar-refractivity contribution in [3.8, 4) is 0 Å². The zero-order valence-electron chi connectivity index (χ0n) is 11.9. The Balaban J connectivity index is 0.00000220. The average molecular weight is 463 g/mol. The van der Waals surface area contributed by atoms with Gasteiger partial charge in [0.05, 0.1) is 0 Å². The van der Waals surface area contributed by atoms with Gasteiger partial charge in [0, 0.05) is 43.5 Å². The molecule has 0 atom stereocenters. The lowest BCUT2D eigenvalue weighted by Gasteiger charge is -2.12. The Labute approximate surface area is 151 Å². The third kappa shape index (κ3) is 6.52. The Morgan fingerprint density at radius 2 is 1.81 bits per heavy atom. The van der Waals surface area contributed by atoms with E-state index in [9.17, 15) is 0 Å². The molecule has 0 aliphatic rings. The second-order valence-electron chi connectivity index (χ2n) is 4.40. The first-order valence-corrected chi connectivity index (χ1v) is 7.37. The van der Waals surface area contributed by atoms with Crippen molar-refractivity contribution in [3.63, 3.8) is 0 Å². The summed E-state index contributed by atoms with van der Waals surface area (Å²) < 4.78 is 3.23. The molecule has 0 amide bonds. The molecule has 0 spiro atoms. The molecule has 0 saturated carbocycles. The van der Waals surface area contributed by atoms with Crippen molar-refractivity contribution in [3.05, 3.63) is 58.8 Å². The van der Waals surface area contributed by atoms with Gasteiger partial charge in [0.1, 0.15) is 0 Å². The maximum Gasteiger partial charge on any atom is 0.191 e. The van der Waals surface area contributed by atoms with E-state index in [2.05, 4.69) is 60.6 Å². The van der Waals surface area contributed by atoms with Crippen molar-refractivity contribution >= 4 is 45.9 Å². The van der Waals surface area contributed by atoms with E-state index in [0.29, 0.717) is 0 Å². The van der Waals surface area contributed by atoms with Crippen LogP contribution >= 0.6 is 39.9 Å². The Morgan fingerprint density at radius 3 is 2.43 bits per heavy atom. The first-order valence-electron chi connectivity index (χ1n) is 6.57. The summed E-state index contributed by atoms with van der Waals surface area (Å²) in [4.78, 5) is 4.22. The van der Waals surface area contributed by atoms with E-state index in [0.717, 1.165) is 30.1 Å². The number of nitrogens with one attached hydrogen (secondary N) is 2. The largest absolute Gasteiger partial charge is 0.355 e. The molecule has 114 valence electrons. The highest BCUT2D eigenvalue weighted by atomic mass is 127. The summed E-state index contributed by atoms with van der Waals surface area (Å²) in [7, 11) is 1.78. The van der Waals surface area contributed by atoms with Gasteiger partial charge in [-0.3, -0.25) is 4.99 Å². The predicted octanol–water partition coefficient (Wildman–Crippen LogP) is 3.23. The molecule has 21 heavy (non-hydrogen) atoms. The summed E-state index contributed by atoms with van der Waals surface area (Å²) in [5.74, 6) is 0.820. The minimum Gasteiger partial charge on any atom is -0.355 e. The summed E-state index contributed by atoms with van der Waals surface area (Å²) in [6.07, 6.45) is 4.11. The number of aliphatic imine (C=N–C) groups is 1. The SMILES string of the molecule is CN=C(NCCn1cccc1)NCc1ccc(Br)cc1.I. The molecule has 0 radical (unpaired) electrons. The second-order valence-corrected chi connectivity index (χ2v) is 5.32. The van der Waals surface area contributed by atoms with Gasteiger partial charge in [-0.1, -0.05) is 28.1 Å². The molecular weight excluding hydrogens is 443 g/mol. The minimum atomic E-state index is 0. The standard InChI is InChI=1S/C15H19BrN4.HI/c1-17-15(18-8-11-20-9-2-3-10-20)19-12-13-4-6-14(16)7-5-13;/h2-7,9-10H,8,11-12H2,1H3,(H2,17,18,19);1H. The van der Waals surface area contributed by atoms with Crippen LogP contribution in [0, 0.1) is 0 Å². The number of guanidine groups is 1. The van der Waals surface area contributed by atoms with Crippen LogP contribution in [0.25, 0.3) is 0 Å². The quantitative estimate of drug-likeness (QED) is 0.407. The second kappa shape index (κ2) is 9.83. The molecule has 1 heterocycles. The first kappa shape index (κ1) is 18.0. The van der Waals surface area contributed by atoms with Crippen LogP contribution in [-0.4, -0.2) is 24.1 Å². The number of nitrogens with zero attached hydrogens (tertiary/aromatic N) is 2. The molecule has 4 nitrogen and oxygen atoms in total. The summed E-state index contributed by atoms with van der Waals surface area (Å²) in [5.41, 5.74) is 1.22. The van der Waals surface area contributed by atoms with Crippen molar-refractivity contribution in [1.82, 2.24) is 15.2 Å². The Kier molecular flexibility index (Phi) is 8.44. The van der Waals surface area contributed by atoms with Crippen molar-refractivity contribution in [2.24, 2.45) is 4.99 Å². The van der Waals surface area contributed by atoms with Crippen molar-refractivity contribution in [2.75, 3.05) is 13.6 Å². The van der Waals surface area contributed by atoms with E-state index in [1.807, 2.05) is 24.3 Å². The molecule has 0 aliphatic heterocycles. The fourth-order valence-electron chi connectivity index (χ4n) is 1.83. The van der Waals surface area contributed by atoms with Crippen molar-refractivity contribution < 1.29 is 0 Å². The molecular formula is C15H20BrIN4. The average Bonchev–Trinajstić information content (AvgIpc) is 2.97. The normalized spacial score (nSPS) is 10.9. The number of rotatable bonds is 5. The fraction of sp³-hybridized carbons (Fsp3) is 0.267. The van der Waals surface area contributed by atoms with Gasteiger partial charge in [0.2, 0.25) is 0 Å². The topological polar surface area (TPSA) is 41.4 Å². The molecule has 0 unspecified atom stereocenters. The van der Waals surface area contributed by atoms with Crippen LogP contribution in [0.5, 0.6) is 0 Å². The molecule has 0 bridgehead atoms. The monoisotopic (exact) mass is 462 g/mol. The summed E-state index contributed by atoms with van der Waals surface area (Å²) in [6, 6.07) is 12.3. The molecule has 2 aromatic rings. The number of aromatic nitrogens is 1. The van der Waals surface area contributed by atoms with Gasteiger partial charge in [0.25, 0.3) is 0 Å². The molecule has 1 aromatic heterocycles. The van der Waals surface area contributed by atoms with Gasteiger partial charge in [-0.25, -0.2) is 0 Å². The maximum absolute atomic E-state index is 4.22. The summed E-state index contributed by atoms with van der Waals surface area (Å²) >= 11 is 3.43. The van der Waals surface area contributed by atoms with Gasteiger partial charge < -0.3 is 15.2 Å². The van der Waals surface area contributed by atoms with E-state index < -0.39 is 0 Å². The zero-order chi connectivity index (χ0) is 14.2. The summed E-state index contributed by atoms with van der Waals surface area (Å²) in [6.45, 7) is 2.52. The van der Waals surface area contributed by atoms with E-state index in [1.165, 1.54) is 5.56 Å². The van der Waals surface area contributed by atoms with Crippen molar-refractivity contribution in [2.45, 2.75) is 13.1 Å². The highest BCUT2D eigenvalue weighted by molar-refractivity contribution is 14.0. The third-order valence-corrected chi connectivity index (χ3v) is 3.45. The number of halogens is 2. The molecule has 6 heteroatoms. The van der Waals surface area contributed by atoms with Crippen LogP contribution in [0.3, 0.4) is 0 Å². The Hall–Kier alpha value is -1.02. The molecule has 0 saturated heterocycles. The number of hydrogen-bond acceptors (Lipinski definition) is 1. The van der Waals surface area contributed by atoms with E-state index in [-0.39, 0.29) is 24.0 Å². The molecule has 2 rings (SSSR count). The van der Waals surface area contributed by atoms with E-state index in [1.54, 1.807) is 7.05 Å². The van der Waals surface area contributed by atoms with E-state index in [4.69, 9.17) is 0 Å². The van der Waals surface area contributed by atoms with Crippen LogP contribution in [0.2, 0.25) is 0 Å². The van der Waals surface area contributed by atoms with Gasteiger partial charge in [0.15, 0.2) is 5.96 Å². The highest BCUT2D eigenvalue weighted by Gasteiger charge is 1.98. The molecule has 0 fully saturated rings. The molecule has 1 aromatic carbocycles. The smallest absolute Gasteiger partial charge is 0.191 e. The minimum absolute atomic E-state index is 0. The van der Waals surface area contributed by atoms with Gasteiger partial charge in [-0.05, 0) is 29.8 Å². The fourth-order valence-corrected chi connectivity index (χ4v) is 2.10.